The zero-order valence-corrected chi connectivity index (χ0v) is 11.6. The van der Waals surface area contributed by atoms with Gasteiger partial charge in [-0.3, -0.25) is 4.79 Å². The predicted molar refractivity (Wildman–Crippen MR) is 74.1 cm³/mol. The fraction of sp³-hybridized carbons (Fsp3) is 0.250. The zero-order chi connectivity index (χ0) is 15.3. The molecule has 0 aliphatic heterocycles. The molecule has 0 spiro atoms. The molecule has 0 heterocycles. The van der Waals surface area contributed by atoms with Crippen LogP contribution in [-0.4, -0.2) is 36.1 Å². The topological polar surface area (TPSA) is 108 Å². The molecule has 8 heteroatoms. The monoisotopic (exact) mass is 299 g/mol. The van der Waals surface area contributed by atoms with Gasteiger partial charge in [0.1, 0.15) is 6.04 Å². The van der Waals surface area contributed by atoms with Gasteiger partial charge in [0.25, 0.3) is 0 Å². The van der Waals surface area contributed by atoms with Crippen LogP contribution in [0.25, 0.3) is 0 Å². The highest BCUT2D eigenvalue weighted by atomic mass is 35.5. The van der Waals surface area contributed by atoms with Crippen molar-refractivity contribution in [2.45, 2.75) is 13.0 Å². The number of carbonyl (C=O) groups is 3. The van der Waals surface area contributed by atoms with E-state index in [1.165, 1.54) is 32.2 Å². The number of benzene rings is 1. The van der Waals surface area contributed by atoms with Gasteiger partial charge in [-0.1, -0.05) is 11.6 Å². The van der Waals surface area contributed by atoms with Crippen LogP contribution < -0.4 is 16.0 Å². The quantitative estimate of drug-likeness (QED) is 0.672. The van der Waals surface area contributed by atoms with E-state index in [1.54, 1.807) is 0 Å². The van der Waals surface area contributed by atoms with Crippen molar-refractivity contribution < 1.29 is 19.5 Å². The van der Waals surface area contributed by atoms with Crippen molar-refractivity contribution in [2.75, 3.05) is 12.4 Å². The molecule has 1 aromatic rings. The predicted octanol–water partition coefficient (Wildman–Crippen LogP) is 1.29. The Morgan fingerprint density at radius 1 is 1.30 bits per heavy atom. The fourth-order valence-electron chi connectivity index (χ4n) is 1.41. The number of aromatic carboxylic acids is 1. The molecule has 0 saturated carbocycles. The number of urea groups is 1. The van der Waals surface area contributed by atoms with Crippen molar-refractivity contribution in [3.05, 3.63) is 28.8 Å². The summed E-state index contributed by atoms with van der Waals surface area (Å²) in [4.78, 5) is 33.8. The Morgan fingerprint density at radius 2 is 1.95 bits per heavy atom. The number of carboxylic acid groups (broad SMARTS) is 1. The Bertz CT molecular complexity index is 548. The van der Waals surface area contributed by atoms with Crippen LogP contribution in [0, 0.1) is 0 Å². The molecule has 1 aromatic carbocycles. The van der Waals surface area contributed by atoms with Crippen molar-refractivity contribution in [3.63, 3.8) is 0 Å². The highest BCUT2D eigenvalue weighted by Gasteiger charge is 2.15. The molecule has 0 bridgehead atoms. The minimum absolute atomic E-state index is 0.0715. The van der Waals surface area contributed by atoms with Gasteiger partial charge < -0.3 is 21.1 Å². The lowest BCUT2D eigenvalue weighted by molar-refractivity contribution is -0.122. The molecule has 0 aliphatic rings. The third kappa shape index (κ3) is 4.13. The molecule has 0 saturated heterocycles. The summed E-state index contributed by atoms with van der Waals surface area (Å²) in [6.07, 6.45) is 0. The molecule has 3 amide bonds. The van der Waals surface area contributed by atoms with Gasteiger partial charge in [0, 0.05) is 12.7 Å². The van der Waals surface area contributed by atoms with Crippen LogP contribution in [0.15, 0.2) is 18.2 Å². The van der Waals surface area contributed by atoms with Crippen LogP contribution in [0.5, 0.6) is 0 Å². The van der Waals surface area contributed by atoms with E-state index in [0.29, 0.717) is 0 Å². The second-order valence-electron chi connectivity index (χ2n) is 3.93. The molecule has 7 nitrogen and oxygen atoms in total. The lowest BCUT2D eigenvalue weighted by Crippen LogP contribution is -2.45. The molecule has 0 aliphatic carbocycles. The van der Waals surface area contributed by atoms with Gasteiger partial charge >= 0.3 is 12.0 Å². The molecule has 1 atom stereocenters. The van der Waals surface area contributed by atoms with Crippen molar-refractivity contribution in [3.8, 4) is 0 Å². The number of halogens is 1. The number of anilines is 1. The number of likely N-dealkylation sites (N-methyl/N-ethyl adjacent to an activating group) is 1. The van der Waals surface area contributed by atoms with E-state index in [-0.39, 0.29) is 22.2 Å². The maximum absolute atomic E-state index is 11.6. The highest BCUT2D eigenvalue weighted by molar-refractivity contribution is 6.33. The van der Waals surface area contributed by atoms with E-state index in [2.05, 4.69) is 16.0 Å². The lowest BCUT2D eigenvalue weighted by Gasteiger charge is -2.13. The molecule has 20 heavy (non-hydrogen) atoms. The first kappa shape index (κ1) is 15.8. The van der Waals surface area contributed by atoms with E-state index < -0.39 is 18.0 Å². The second kappa shape index (κ2) is 6.76. The van der Waals surface area contributed by atoms with Gasteiger partial charge in [-0.05, 0) is 25.1 Å². The largest absolute Gasteiger partial charge is 0.478 e. The van der Waals surface area contributed by atoms with Gasteiger partial charge in [-0.15, -0.1) is 0 Å². The summed E-state index contributed by atoms with van der Waals surface area (Å²) in [5, 5.41) is 16.2. The summed E-state index contributed by atoms with van der Waals surface area (Å²) in [7, 11) is 1.46. The number of carbonyl (C=O) groups excluding carboxylic acids is 2. The molecule has 4 N–H and O–H groups in total. The van der Waals surface area contributed by atoms with E-state index in [0.717, 1.165) is 0 Å². The smallest absolute Gasteiger partial charge is 0.337 e. The molecular weight excluding hydrogens is 286 g/mol. The van der Waals surface area contributed by atoms with Crippen molar-refractivity contribution >= 4 is 35.2 Å². The van der Waals surface area contributed by atoms with Crippen LogP contribution >= 0.6 is 11.6 Å². The summed E-state index contributed by atoms with van der Waals surface area (Å²) >= 11 is 5.71. The average molecular weight is 300 g/mol. The van der Waals surface area contributed by atoms with Crippen LogP contribution in [0.2, 0.25) is 5.02 Å². The summed E-state index contributed by atoms with van der Waals surface area (Å²) in [5.41, 5.74) is 0.136. The lowest BCUT2D eigenvalue weighted by atomic mass is 10.2. The van der Waals surface area contributed by atoms with Gasteiger partial charge in [-0.2, -0.15) is 0 Å². The normalized spacial score (nSPS) is 11.3. The Hall–Kier alpha value is -2.28. The summed E-state index contributed by atoms with van der Waals surface area (Å²) in [5.74, 6) is -1.54. The van der Waals surface area contributed by atoms with E-state index in [9.17, 15) is 14.4 Å². The van der Waals surface area contributed by atoms with Gasteiger partial charge in [0.05, 0.1) is 10.6 Å². The third-order valence-corrected chi connectivity index (χ3v) is 2.77. The van der Waals surface area contributed by atoms with Gasteiger partial charge in [0.2, 0.25) is 5.91 Å². The maximum atomic E-state index is 11.6. The van der Waals surface area contributed by atoms with Crippen LogP contribution in [0.3, 0.4) is 0 Å². The number of hydrogen-bond acceptors (Lipinski definition) is 3. The number of rotatable bonds is 4. The van der Waals surface area contributed by atoms with Crippen molar-refractivity contribution in [1.29, 1.82) is 0 Å². The van der Waals surface area contributed by atoms with Crippen LogP contribution in [-0.2, 0) is 4.79 Å². The molecule has 0 fully saturated rings. The first-order valence-corrected chi connectivity index (χ1v) is 6.05. The molecule has 1 unspecified atom stereocenters. The Labute approximate surface area is 120 Å². The van der Waals surface area contributed by atoms with Crippen LogP contribution in [0.4, 0.5) is 10.5 Å². The summed E-state index contributed by atoms with van der Waals surface area (Å²) in [6, 6.07) is 2.71. The van der Waals surface area contributed by atoms with Crippen molar-refractivity contribution in [2.24, 2.45) is 0 Å². The third-order valence-electron chi connectivity index (χ3n) is 2.44. The SMILES string of the molecule is CNC(=O)C(C)NC(=O)Nc1ccc(Cl)c(C(=O)O)c1. The molecule has 108 valence electrons. The van der Waals surface area contributed by atoms with Crippen molar-refractivity contribution in [1.82, 2.24) is 10.6 Å². The molecular formula is C12H14ClN3O4. The standard InChI is InChI=1S/C12H14ClN3O4/c1-6(10(17)14-2)15-12(20)16-7-3-4-9(13)8(5-7)11(18)19/h3-6H,1-2H3,(H,14,17)(H,18,19)(H2,15,16,20). The van der Waals surface area contributed by atoms with E-state index in [1.807, 2.05) is 0 Å². The first-order chi connectivity index (χ1) is 9.35. The molecule has 0 radical (unpaired) electrons. The minimum atomic E-state index is -1.20. The van der Waals surface area contributed by atoms with E-state index >= 15 is 0 Å². The van der Waals surface area contributed by atoms with E-state index in [4.69, 9.17) is 16.7 Å². The number of hydrogen-bond donors (Lipinski definition) is 4. The Balaban J connectivity index is 2.74. The Morgan fingerprint density at radius 3 is 2.50 bits per heavy atom. The van der Waals surface area contributed by atoms with Gasteiger partial charge in [-0.25, -0.2) is 9.59 Å². The highest BCUT2D eigenvalue weighted by Crippen LogP contribution is 2.20. The molecule has 0 aromatic heterocycles. The summed E-state index contributed by atoms with van der Waals surface area (Å²) < 4.78 is 0. The second-order valence-corrected chi connectivity index (χ2v) is 4.34. The molecule has 1 rings (SSSR count). The zero-order valence-electron chi connectivity index (χ0n) is 10.9. The first-order valence-electron chi connectivity index (χ1n) is 5.67. The van der Waals surface area contributed by atoms with Crippen LogP contribution in [0.1, 0.15) is 17.3 Å². The Kier molecular flexibility index (Phi) is 5.33. The maximum Gasteiger partial charge on any atom is 0.337 e. The number of carboxylic acids is 1. The number of amides is 3. The average Bonchev–Trinajstić information content (AvgIpc) is 2.39. The minimum Gasteiger partial charge on any atom is -0.478 e. The van der Waals surface area contributed by atoms with Gasteiger partial charge in [0.15, 0.2) is 0 Å². The fourth-order valence-corrected chi connectivity index (χ4v) is 1.61. The summed E-state index contributed by atoms with van der Waals surface area (Å²) in [6.45, 7) is 1.52. The number of nitrogens with one attached hydrogen (secondary N) is 3.